The van der Waals surface area contributed by atoms with Gasteiger partial charge in [-0.3, -0.25) is 4.79 Å². The maximum atomic E-state index is 12.6. The van der Waals surface area contributed by atoms with Crippen LogP contribution in [0.4, 0.5) is 0 Å². The van der Waals surface area contributed by atoms with Crippen molar-refractivity contribution in [3.05, 3.63) is 69.7 Å². The van der Waals surface area contributed by atoms with E-state index in [1.165, 1.54) is 0 Å². The van der Waals surface area contributed by atoms with E-state index in [0.717, 1.165) is 11.1 Å². The van der Waals surface area contributed by atoms with Crippen LogP contribution in [0.2, 0.25) is 10.0 Å². The van der Waals surface area contributed by atoms with Crippen LogP contribution in [0.3, 0.4) is 0 Å². The second kappa shape index (κ2) is 8.73. The van der Waals surface area contributed by atoms with Gasteiger partial charge in [0, 0.05) is 12.3 Å². The summed E-state index contributed by atoms with van der Waals surface area (Å²) < 4.78 is 5.25. The fourth-order valence-corrected chi connectivity index (χ4v) is 3.00. The zero-order valence-corrected chi connectivity index (χ0v) is 14.7. The lowest BCUT2D eigenvalue weighted by Crippen LogP contribution is -2.23. The van der Waals surface area contributed by atoms with Crippen molar-refractivity contribution < 1.29 is 9.53 Å². The Morgan fingerprint density at radius 2 is 1.83 bits per heavy atom. The van der Waals surface area contributed by atoms with Crippen LogP contribution in [0, 0.1) is 11.3 Å². The third-order valence-electron chi connectivity index (χ3n) is 3.78. The van der Waals surface area contributed by atoms with Crippen molar-refractivity contribution in [1.29, 1.82) is 5.26 Å². The molecule has 5 heteroatoms. The van der Waals surface area contributed by atoms with Crippen LogP contribution in [-0.2, 0) is 9.53 Å². The number of nitriles is 1. The molecule has 124 valence electrons. The molecule has 2 atom stereocenters. The first kappa shape index (κ1) is 18.3. The third kappa shape index (κ3) is 4.29. The lowest BCUT2D eigenvalue weighted by Gasteiger charge is -2.25. The smallest absolute Gasteiger partial charge is 0.314 e. The molecule has 0 radical (unpaired) electrons. The minimum absolute atomic E-state index is 0.163. The van der Waals surface area contributed by atoms with Crippen molar-refractivity contribution in [3.8, 4) is 6.07 Å². The van der Waals surface area contributed by atoms with Crippen LogP contribution in [0.25, 0.3) is 0 Å². The number of hydrogen-bond acceptors (Lipinski definition) is 3. The summed E-state index contributed by atoms with van der Waals surface area (Å²) in [5, 5.41) is 10.1. The van der Waals surface area contributed by atoms with Gasteiger partial charge in [-0.2, -0.15) is 5.26 Å². The normalized spacial score (nSPS) is 12.9. The van der Waals surface area contributed by atoms with Crippen LogP contribution in [0.1, 0.15) is 36.3 Å². The molecule has 0 aliphatic heterocycles. The summed E-state index contributed by atoms with van der Waals surface area (Å²) in [5.74, 6) is -1.30. The highest BCUT2D eigenvalue weighted by molar-refractivity contribution is 6.42. The summed E-state index contributed by atoms with van der Waals surface area (Å²) in [6, 6.07) is 16.7. The Balaban J connectivity index is 2.51. The SMILES string of the molecule is CCOC(=O)C(c1ccccc1)C(CC#N)c1ccc(Cl)c(Cl)c1. The van der Waals surface area contributed by atoms with Gasteiger partial charge in [-0.15, -0.1) is 0 Å². The number of benzene rings is 2. The predicted molar refractivity (Wildman–Crippen MR) is 95.2 cm³/mol. The number of ether oxygens (including phenoxy) is 1. The van der Waals surface area contributed by atoms with E-state index < -0.39 is 5.92 Å². The fourth-order valence-electron chi connectivity index (χ4n) is 2.69. The number of hydrogen-bond donors (Lipinski definition) is 0. The van der Waals surface area contributed by atoms with Crippen LogP contribution >= 0.6 is 23.2 Å². The summed E-state index contributed by atoms with van der Waals surface area (Å²) >= 11 is 12.1. The molecule has 0 spiro atoms. The molecule has 0 N–H and O–H groups in total. The van der Waals surface area contributed by atoms with Gasteiger partial charge >= 0.3 is 5.97 Å². The van der Waals surface area contributed by atoms with E-state index >= 15 is 0 Å². The van der Waals surface area contributed by atoms with Gasteiger partial charge in [0.1, 0.15) is 0 Å². The Morgan fingerprint density at radius 3 is 2.42 bits per heavy atom. The number of halogens is 2. The first-order valence-electron chi connectivity index (χ1n) is 7.62. The predicted octanol–water partition coefficient (Wildman–Crippen LogP) is 5.34. The Labute approximate surface area is 151 Å². The van der Waals surface area contributed by atoms with Gasteiger partial charge in [0.05, 0.1) is 28.6 Å². The topological polar surface area (TPSA) is 50.1 Å². The van der Waals surface area contributed by atoms with E-state index in [1.807, 2.05) is 30.3 Å². The van der Waals surface area contributed by atoms with Gasteiger partial charge in [-0.05, 0) is 30.2 Å². The van der Waals surface area contributed by atoms with Gasteiger partial charge in [0.15, 0.2) is 0 Å². The third-order valence-corrected chi connectivity index (χ3v) is 4.52. The molecule has 2 unspecified atom stereocenters. The highest BCUT2D eigenvalue weighted by Crippen LogP contribution is 2.38. The number of carbonyl (C=O) groups is 1. The molecule has 0 bridgehead atoms. The van der Waals surface area contributed by atoms with Gasteiger partial charge in [-0.25, -0.2) is 0 Å². The van der Waals surface area contributed by atoms with Crippen LogP contribution in [0.5, 0.6) is 0 Å². The highest BCUT2D eigenvalue weighted by atomic mass is 35.5. The molecule has 0 amide bonds. The Bertz CT molecular complexity index is 741. The van der Waals surface area contributed by atoms with Gasteiger partial charge in [0.2, 0.25) is 0 Å². The Morgan fingerprint density at radius 1 is 1.12 bits per heavy atom. The number of rotatable bonds is 6. The van der Waals surface area contributed by atoms with Crippen LogP contribution < -0.4 is 0 Å². The van der Waals surface area contributed by atoms with Crippen LogP contribution in [-0.4, -0.2) is 12.6 Å². The largest absolute Gasteiger partial charge is 0.466 e. The molecule has 3 nitrogen and oxygen atoms in total. The lowest BCUT2D eigenvalue weighted by atomic mass is 9.79. The molecule has 0 aromatic heterocycles. The second-order valence-electron chi connectivity index (χ2n) is 5.28. The first-order valence-corrected chi connectivity index (χ1v) is 8.37. The summed E-state index contributed by atoms with van der Waals surface area (Å²) in [6.07, 6.45) is 0.163. The van der Waals surface area contributed by atoms with E-state index in [-0.39, 0.29) is 24.9 Å². The molecule has 2 rings (SSSR count). The molecule has 2 aromatic rings. The molecule has 0 saturated carbocycles. The summed E-state index contributed by atoms with van der Waals surface area (Å²) in [6.45, 7) is 2.04. The maximum absolute atomic E-state index is 12.6. The van der Waals surface area contributed by atoms with Crippen molar-refractivity contribution in [2.75, 3.05) is 6.61 Å². The summed E-state index contributed by atoms with van der Waals surface area (Å²) in [4.78, 5) is 12.6. The van der Waals surface area contributed by atoms with Gasteiger partial charge in [0.25, 0.3) is 0 Å². The van der Waals surface area contributed by atoms with Gasteiger partial charge < -0.3 is 4.74 Å². The van der Waals surface area contributed by atoms with E-state index in [4.69, 9.17) is 27.9 Å². The molecule has 0 aliphatic carbocycles. The van der Waals surface area contributed by atoms with Crippen molar-refractivity contribution in [1.82, 2.24) is 0 Å². The number of carbonyl (C=O) groups excluding carboxylic acids is 1. The molecule has 0 saturated heterocycles. The standard InChI is InChI=1S/C19H17Cl2NO2/c1-2-24-19(23)18(13-6-4-3-5-7-13)15(10-11-22)14-8-9-16(20)17(21)12-14/h3-9,12,15,18H,2,10H2,1H3. The monoisotopic (exact) mass is 361 g/mol. The van der Waals surface area contributed by atoms with Gasteiger partial charge in [-0.1, -0.05) is 59.6 Å². The minimum Gasteiger partial charge on any atom is -0.466 e. The molecular weight excluding hydrogens is 345 g/mol. The zero-order valence-electron chi connectivity index (χ0n) is 13.2. The highest BCUT2D eigenvalue weighted by Gasteiger charge is 2.32. The maximum Gasteiger partial charge on any atom is 0.314 e. The zero-order chi connectivity index (χ0) is 17.5. The number of nitrogens with zero attached hydrogens (tertiary/aromatic N) is 1. The lowest BCUT2D eigenvalue weighted by molar-refractivity contribution is -0.145. The fraction of sp³-hybridized carbons (Fsp3) is 0.263. The Kier molecular flexibility index (Phi) is 6.66. The van der Waals surface area contributed by atoms with Crippen molar-refractivity contribution in [3.63, 3.8) is 0 Å². The summed E-state index contributed by atoms with van der Waals surface area (Å²) in [5.41, 5.74) is 1.59. The van der Waals surface area contributed by atoms with E-state index in [2.05, 4.69) is 6.07 Å². The molecular formula is C19H17Cl2NO2. The minimum atomic E-state index is -0.581. The van der Waals surface area contributed by atoms with E-state index in [9.17, 15) is 10.1 Å². The average molecular weight is 362 g/mol. The van der Waals surface area contributed by atoms with Crippen molar-refractivity contribution in [2.24, 2.45) is 0 Å². The Hall–Kier alpha value is -2.02. The molecule has 0 heterocycles. The first-order chi connectivity index (χ1) is 11.6. The average Bonchev–Trinajstić information content (AvgIpc) is 2.58. The van der Waals surface area contributed by atoms with Crippen LogP contribution in [0.15, 0.2) is 48.5 Å². The molecule has 0 fully saturated rings. The quantitative estimate of drug-likeness (QED) is 0.652. The molecule has 24 heavy (non-hydrogen) atoms. The summed E-state index contributed by atoms with van der Waals surface area (Å²) in [7, 11) is 0. The number of esters is 1. The van der Waals surface area contributed by atoms with Crippen molar-refractivity contribution >= 4 is 29.2 Å². The second-order valence-corrected chi connectivity index (χ2v) is 6.10. The molecule has 2 aromatic carbocycles. The van der Waals surface area contributed by atoms with E-state index in [0.29, 0.717) is 10.0 Å². The molecule has 0 aliphatic rings. The van der Waals surface area contributed by atoms with Crippen molar-refractivity contribution in [2.45, 2.75) is 25.2 Å². The van der Waals surface area contributed by atoms with E-state index in [1.54, 1.807) is 25.1 Å².